The minimum absolute atomic E-state index is 0.138. The van der Waals surface area contributed by atoms with Gasteiger partial charge in [0, 0.05) is 22.1 Å². The highest BCUT2D eigenvalue weighted by molar-refractivity contribution is 9.10. The van der Waals surface area contributed by atoms with Crippen molar-refractivity contribution in [2.75, 3.05) is 0 Å². The fourth-order valence-corrected chi connectivity index (χ4v) is 1.95. The van der Waals surface area contributed by atoms with E-state index < -0.39 is 5.82 Å². The number of pyridine rings is 1. The Morgan fingerprint density at radius 1 is 1.39 bits per heavy atom. The first kappa shape index (κ1) is 13.3. The van der Waals surface area contributed by atoms with Crippen LogP contribution in [0.5, 0.6) is 11.6 Å². The quantitative estimate of drug-likeness (QED) is 0.753. The molecule has 0 unspecified atom stereocenters. The molecule has 0 atom stereocenters. The SMILES string of the molecule is Cc1cc(CCl)cnc1Oc1cc(Br)ccc1F. The van der Waals surface area contributed by atoms with Crippen LogP contribution >= 0.6 is 27.5 Å². The number of halogens is 3. The van der Waals surface area contributed by atoms with E-state index in [1.54, 1.807) is 18.3 Å². The molecule has 0 aliphatic heterocycles. The number of rotatable bonds is 3. The first-order valence-corrected chi connectivity index (χ1v) is 6.57. The monoisotopic (exact) mass is 329 g/mol. The molecule has 0 aliphatic rings. The van der Waals surface area contributed by atoms with Crippen LogP contribution in [0.15, 0.2) is 34.9 Å². The number of aryl methyl sites for hydroxylation is 1. The second-order valence-electron chi connectivity index (χ2n) is 3.78. The molecule has 2 aromatic rings. The van der Waals surface area contributed by atoms with E-state index in [0.717, 1.165) is 15.6 Å². The summed E-state index contributed by atoms with van der Waals surface area (Å²) in [7, 11) is 0. The molecule has 1 aromatic heterocycles. The molecule has 1 heterocycles. The molecule has 0 fully saturated rings. The predicted octanol–water partition coefficient (Wildman–Crippen LogP) is 4.82. The van der Waals surface area contributed by atoms with Crippen LogP contribution in [0.2, 0.25) is 0 Å². The van der Waals surface area contributed by atoms with Crippen molar-refractivity contribution in [1.29, 1.82) is 0 Å². The van der Waals surface area contributed by atoms with Gasteiger partial charge in [-0.15, -0.1) is 11.6 Å². The van der Waals surface area contributed by atoms with Gasteiger partial charge in [0.25, 0.3) is 0 Å². The van der Waals surface area contributed by atoms with Gasteiger partial charge in [0.2, 0.25) is 5.88 Å². The average molecular weight is 331 g/mol. The standard InChI is InChI=1S/C13H10BrClFNO/c1-8-4-9(6-15)7-17-13(8)18-12-5-10(14)2-3-11(12)16/h2-5,7H,6H2,1H3. The van der Waals surface area contributed by atoms with Crippen LogP contribution in [0.3, 0.4) is 0 Å². The van der Waals surface area contributed by atoms with Gasteiger partial charge in [0.1, 0.15) is 0 Å². The van der Waals surface area contributed by atoms with E-state index in [-0.39, 0.29) is 5.75 Å². The maximum absolute atomic E-state index is 13.5. The Bertz CT molecular complexity index is 577. The van der Waals surface area contributed by atoms with Gasteiger partial charge in [0.05, 0.1) is 0 Å². The number of hydrogen-bond acceptors (Lipinski definition) is 2. The van der Waals surface area contributed by atoms with Crippen LogP contribution < -0.4 is 4.74 Å². The summed E-state index contributed by atoms with van der Waals surface area (Å²) in [5.74, 6) is 0.472. The number of nitrogens with zero attached hydrogens (tertiary/aromatic N) is 1. The van der Waals surface area contributed by atoms with E-state index in [4.69, 9.17) is 16.3 Å². The Balaban J connectivity index is 2.31. The van der Waals surface area contributed by atoms with Gasteiger partial charge in [-0.05, 0) is 36.8 Å². The zero-order chi connectivity index (χ0) is 13.1. The Hall–Kier alpha value is -1.13. The molecule has 2 rings (SSSR count). The minimum Gasteiger partial charge on any atom is -0.436 e. The average Bonchev–Trinajstić information content (AvgIpc) is 2.36. The van der Waals surface area contributed by atoms with Crippen LogP contribution in [0.1, 0.15) is 11.1 Å². The fraction of sp³-hybridized carbons (Fsp3) is 0.154. The zero-order valence-corrected chi connectivity index (χ0v) is 11.9. The first-order chi connectivity index (χ1) is 8.60. The predicted molar refractivity (Wildman–Crippen MR) is 72.7 cm³/mol. The van der Waals surface area contributed by atoms with Gasteiger partial charge in [-0.25, -0.2) is 9.37 Å². The number of hydrogen-bond donors (Lipinski definition) is 0. The molecule has 1 aromatic carbocycles. The lowest BCUT2D eigenvalue weighted by molar-refractivity contribution is 0.424. The molecule has 0 spiro atoms. The number of benzene rings is 1. The van der Waals surface area contributed by atoms with Crippen molar-refractivity contribution < 1.29 is 9.13 Å². The zero-order valence-electron chi connectivity index (χ0n) is 9.58. The van der Waals surface area contributed by atoms with Crippen molar-refractivity contribution in [2.24, 2.45) is 0 Å². The largest absolute Gasteiger partial charge is 0.436 e. The number of ether oxygens (including phenoxy) is 1. The van der Waals surface area contributed by atoms with E-state index in [2.05, 4.69) is 20.9 Å². The molecule has 0 saturated carbocycles. The Kier molecular flexibility index (Phi) is 4.19. The summed E-state index contributed by atoms with van der Waals surface area (Å²) in [4.78, 5) is 4.13. The fourth-order valence-electron chi connectivity index (χ4n) is 1.46. The van der Waals surface area contributed by atoms with Crippen LogP contribution in [-0.4, -0.2) is 4.98 Å². The molecule has 5 heteroatoms. The van der Waals surface area contributed by atoms with Crippen LogP contribution in [0.25, 0.3) is 0 Å². The summed E-state index contributed by atoms with van der Waals surface area (Å²) >= 11 is 8.98. The highest BCUT2D eigenvalue weighted by Crippen LogP contribution is 2.28. The lowest BCUT2D eigenvalue weighted by Gasteiger charge is -2.09. The van der Waals surface area contributed by atoms with Crippen LogP contribution in [0.4, 0.5) is 4.39 Å². The topological polar surface area (TPSA) is 22.1 Å². The van der Waals surface area contributed by atoms with Gasteiger partial charge in [-0.2, -0.15) is 0 Å². The Morgan fingerprint density at radius 2 is 2.17 bits per heavy atom. The third-order valence-electron chi connectivity index (χ3n) is 2.34. The summed E-state index contributed by atoms with van der Waals surface area (Å²) in [6, 6.07) is 6.37. The molecule has 2 nitrogen and oxygen atoms in total. The molecular weight excluding hydrogens is 321 g/mol. The minimum atomic E-state index is -0.430. The molecule has 0 aliphatic carbocycles. The highest BCUT2D eigenvalue weighted by atomic mass is 79.9. The maximum Gasteiger partial charge on any atom is 0.222 e. The molecular formula is C13H10BrClFNO. The molecule has 0 bridgehead atoms. The van der Waals surface area contributed by atoms with Gasteiger partial charge in [-0.1, -0.05) is 15.9 Å². The van der Waals surface area contributed by atoms with Gasteiger partial charge < -0.3 is 4.74 Å². The summed E-state index contributed by atoms with van der Waals surface area (Å²) in [6.07, 6.45) is 1.62. The van der Waals surface area contributed by atoms with E-state index in [9.17, 15) is 4.39 Å². The van der Waals surface area contributed by atoms with E-state index >= 15 is 0 Å². The Labute approximate surface area is 118 Å². The van der Waals surface area contributed by atoms with Crippen molar-refractivity contribution in [3.8, 4) is 11.6 Å². The molecule has 0 N–H and O–H groups in total. The lowest BCUT2D eigenvalue weighted by atomic mass is 10.2. The van der Waals surface area contributed by atoms with E-state index in [0.29, 0.717) is 11.8 Å². The van der Waals surface area contributed by atoms with Gasteiger partial charge >= 0.3 is 0 Å². The molecule has 0 amide bonds. The second kappa shape index (κ2) is 5.67. The molecule has 0 radical (unpaired) electrons. The Morgan fingerprint density at radius 3 is 2.83 bits per heavy atom. The smallest absolute Gasteiger partial charge is 0.222 e. The van der Waals surface area contributed by atoms with Crippen molar-refractivity contribution in [2.45, 2.75) is 12.8 Å². The molecule has 18 heavy (non-hydrogen) atoms. The number of aromatic nitrogens is 1. The van der Waals surface area contributed by atoms with Crippen molar-refractivity contribution in [1.82, 2.24) is 4.98 Å². The number of alkyl halides is 1. The normalized spacial score (nSPS) is 10.4. The van der Waals surface area contributed by atoms with Gasteiger partial charge in [0.15, 0.2) is 11.6 Å². The second-order valence-corrected chi connectivity index (χ2v) is 4.96. The van der Waals surface area contributed by atoms with Crippen LogP contribution in [0, 0.1) is 12.7 Å². The summed E-state index contributed by atoms with van der Waals surface area (Å²) in [6.45, 7) is 1.84. The van der Waals surface area contributed by atoms with Crippen LogP contribution in [-0.2, 0) is 5.88 Å². The molecule has 94 valence electrons. The summed E-state index contributed by atoms with van der Waals surface area (Å²) in [5.41, 5.74) is 1.71. The van der Waals surface area contributed by atoms with E-state index in [1.807, 2.05) is 13.0 Å². The third kappa shape index (κ3) is 3.00. The highest BCUT2D eigenvalue weighted by Gasteiger charge is 2.09. The van der Waals surface area contributed by atoms with Gasteiger partial charge in [-0.3, -0.25) is 0 Å². The first-order valence-electron chi connectivity index (χ1n) is 5.24. The summed E-state index contributed by atoms with van der Waals surface area (Å²) < 4.78 is 19.7. The maximum atomic E-state index is 13.5. The van der Waals surface area contributed by atoms with Crippen molar-refractivity contribution in [3.05, 3.63) is 51.9 Å². The van der Waals surface area contributed by atoms with E-state index in [1.165, 1.54) is 6.07 Å². The van der Waals surface area contributed by atoms with Crippen molar-refractivity contribution in [3.63, 3.8) is 0 Å². The lowest BCUT2D eigenvalue weighted by Crippen LogP contribution is -1.95. The molecule has 0 saturated heterocycles. The summed E-state index contributed by atoms with van der Waals surface area (Å²) in [5, 5.41) is 0. The van der Waals surface area contributed by atoms with Crippen molar-refractivity contribution >= 4 is 27.5 Å². The third-order valence-corrected chi connectivity index (χ3v) is 3.14.